The Hall–Kier alpha value is -3.48. The summed E-state index contributed by atoms with van der Waals surface area (Å²) in [5.74, 6) is 1.49. The average molecular weight is 417 g/mol. The first-order valence-electron chi connectivity index (χ1n) is 10.8. The van der Waals surface area contributed by atoms with E-state index in [0.717, 1.165) is 30.2 Å². The molecule has 0 aliphatic carbocycles. The van der Waals surface area contributed by atoms with Crippen molar-refractivity contribution in [1.82, 2.24) is 15.0 Å². The predicted molar refractivity (Wildman–Crippen MR) is 124 cm³/mol. The summed E-state index contributed by atoms with van der Waals surface area (Å²) < 4.78 is 5.88. The van der Waals surface area contributed by atoms with Crippen LogP contribution < -0.4 is 15.1 Å². The number of nitrogens with one attached hydrogen (secondary N) is 1. The number of pyridine rings is 1. The maximum atomic E-state index is 5.88. The summed E-state index contributed by atoms with van der Waals surface area (Å²) in [5, 5.41) is 4.36. The molecule has 7 heteroatoms. The molecule has 3 heterocycles. The Morgan fingerprint density at radius 3 is 2.77 bits per heavy atom. The van der Waals surface area contributed by atoms with E-state index in [9.17, 15) is 0 Å². The van der Waals surface area contributed by atoms with E-state index in [4.69, 9.17) is 4.74 Å². The molecule has 0 spiro atoms. The van der Waals surface area contributed by atoms with E-state index in [0.29, 0.717) is 24.9 Å². The molecule has 1 N–H and O–H groups in total. The van der Waals surface area contributed by atoms with E-state index in [2.05, 4.69) is 49.4 Å². The molecule has 1 aromatic carbocycles. The number of ether oxygens (including phenoxy) is 1. The van der Waals surface area contributed by atoms with Crippen LogP contribution in [0.3, 0.4) is 0 Å². The zero-order chi connectivity index (χ0) is 21.3. The van der Waals surface area contributed by atoms with Crippen molar-refractivity contribution in [3.63, 3.8) is 0 Å². The van der Waals surface area contributed by atoms with E-state index >= 15 is 0 Å². The fourth-order valence-corrected chi connectivity index (χ4v) is 3.54. The van der Waals surface area contributed by atoms with Gasteiger partial charge in [0, 0.05) is 37.5 Å². The molecule has 0 unspecified atom stereocenters. The Labute approximate surface area is 183 Å². The molecule has 0 amide bonds. The van der Waals surface area contributed by atoms with Gasteiger partial charge in [-0.25, -0.2) is 0 Å². The van der Waals surface area contributed by atoms with Crippen molar-refractivity contribution < 1.29 is 4.74 Å². The highest BCUT2D eigenvalue weighted by atomic mass is 16.5. The number of piperidine rings is 1. The van der Waals surface area contributed by atoms with Gasteiger partial charge in [0.1, 0.15) is 5.82 Å². The van der Waals surface area contributed by atoms with Crippen LogP contribution in [0.5, 0.6) is 6.01 Å². The summed E-state index contributed by atoms with van der Waals surface area (Å²) in [7, 11) is 0. The van der Waals surface area contributed by atoms with Gasteiger partial charge in [-0.1, -0.05) is 35.9 Å². The fraction of sp³-hybridized carbons (Fsp3) is 0.333. The van der Waals surface area contributed by atoms with E-state index in [1.54, 1.807) is 12.4 Å². The van der Waals surface area contributed by atoms with Crippen LogP contribution in [-0.4, -0.2) is 40.9 Å². The Morgan fingerprint density at radius 1 is 1.06 bits per heavy atom. The zero-order valence-electron chi connectivity index (χ0n) is 17.9. The van der Waals surface area contributed by atoms with Gasteiger partial charge in [-0.3, -0.25) is 10.4 Å². The summed E-state index contributed by atoms with van der Waals surface area (Å²) in [6, 6.07) is 16.3. The lowest BCUT2D eigenvalue weighted by Crippen LogP contribution is -2.30. The first kappa shape index (κ1) is 20.8. The SMILES string of the molecule is Cc1cccc(/C=N/Nc2cc(N3CCCCC3)nc(OCCc3ccccn3)n2)c1. The Balaban J connectivity index is 1.46. The summed E-state index contributed by atoms with van der Waals surface area (Å²) in [4.78, 5) is 15.8. The largest absolute Gasteiger partial charge is 0.463 e. The topological polar surface area (TPSA) is 75.5 Å². The number of aryl methyl sites for hydroxylation is 1. The molecule has 0 radical (unpaired) electrons. The third kappa shape index (κ3) is 6.25. The van der Waals surface area contributed by atoms with Crippen molar-refractivity contribution >= 4 is 17.9 Å². The highest BCUT2D eigenvalue weighted by Gasteiger charge is 2.15. The lowest BCUT2D eigenvalue weighted by atomic mass is 10.1. The van der Waals surface area contributed by atoms with E-state index in [1.165, 1.54) is 24.8 Å². The third-order valence-electron chi connectivity index (χ3n) is 5.12. The number of nitrogens with zero attached hydrogens (tertiary/aromatic N) is 5. The van der Waals surface area contributed by atoms with Crippen molar-refractivity contribution in [2.75, 3.05) is 30.0 Å². The molecule has 4 rings (SSSR count). The van der Waals surface area contributed by atoms with Crippen molar-refractivity contribution in [2.24, 2.45) is 5.10 Å². The van der Waals surface area contributed by atoms with Crippen LogP contribution in [-0.2, 0) is 6.42 Å². The molecular formula is C24H28N6O. The maximum Gasteiger partial charge on any atom is 0.320 e. The summed E-state index contributed by atoms with van der Waals surface area (Å²) >= 11 is 0. The summed E-state index contributed by atoms with van der Waals surface area (Å²) in [6.45, 7) is 4.52. The number of anilines is 2. The van der Waals surface area contributed by atoms with Crippen molar-refractivity contribution in [3.8, 4) is 6.01 Å². The first-order chi connectivity index (χ1) is 15.3. The first-order valence-corrected chi connectivity index (χ1v) is 10.8. The average Bonchev–Trinajstić information content (AvgIpc) is 2.80. The van der Waals surface area contributed by atoms with Crippen molar-refractivity contribution in [2.45, 2.75) is 32.6 Å². The molecule has 1 aliphatic rings. The van der Waals surface area contributed by atoms with Crippen molar-refractivity contribution in [1.29, 1.82) is 0 Å². The molecule has 0 saturated carbocycles. The van der Waals surface area contributed by atoms with Crippen LogP contribution >= 0.6 is 0 Å². The smallest absolute Gasteiger partial charge is 0.320 e. The van der Waals surface area contributed by atoms with Crippen LogP contribution in [0.4, 0.5) is 11.6 Å². The molecule has 1 saturated heterocycles. The van der Waals surface area contributed by atoms with E-state index < -0.39 is 0 Å². The minimum Gasteiger partial charge on any atom is -0.463 e. The molecule has 160 valence electrons. The highest BCUT2D eigenvalue weighted by Crippen LogP contribution is 2.23. The molecule has 2 aromatic heterocycles. The van der Waals surface area contributed by atoms with Crippen LogP contribution in [0.15, 0.2) is 59.8 Å². The number of benzene rings is 1. The second kappa shape index (κ2) is 10.5. The minimum absolute atomic E-state index is 0.354. The molecule has 0 atom stereocenters. The van der Waals surface area contributed by atoms with Gasteiger partial charge in [0.15, 0.2) is 5.82 Å². The normalized spacial score (nSPS) is 14.0. The molecule has 31 heavy (non-hydrogen) atoms. The lowest BCUT2D eigenvalue weighted by Gasteiger charge is -2.28. The minimum atomic E-state index is 0.354. The van der Waals surface area contributed by atoms with Gasteiger partial charge in [-0.15, -0.1) is 0 Å². The molecular weight excluding hydrogens is 388 g/mol. The maximum absolute atomic E-state index is 5.88. The fourth-order valence-electron chi connectivity index (χ4n) is 3.54. The number of rotatable bonds is 8. The van der Waals surface area contributed by atoms with Crippen LogP contribution in [0, 0.1) is 6.92 Å². The van der Waals surface area contributed by atoms with Crippen LogP contribution in [0.1, 0.15) is 36.1 Å². The van der Waals surface area contributed by atoms with Gasteiger partial charge in [-0.2, -0.15) is 15.1 Å². The number of aromatic nitrogens is 3. The second-order valence-corrected chi connectivity index (χ2v) is 7.65. The molecule has 1 fully saturated rings. The predicted octanol–water partition coefficient (Wildman–Crippen LogP) is 4.24. The molecule has 3 aromatic rings. The quantitative estimate of drug-likeness (QED) is 0.437. The third-order valence-corrected chi connectivity index (χ3v) is 5.12. The Bertz CT molecular complexity index is 1000. The van der Waals surface area contributed by atoms with Gasteiger partial charge >= 0.3 is 6.01 Å². The standard InChI is InChI=1S/C24H28N6O/c1-19-8-7-9-20(16-19)18-26-29-22-17-23(30-13-5-2-6-14-30)28-24(27-22)31-15-11-21-10-3-4-12-25-21/h3-4,7-10,12,16-18H,2,5-6,11,13-15H2,1H3,(H,27,28,29)/b26-18+. The summed E-state index contributed by atoms with van der Waals surface area (Å²) in [5.41, 5.74) is 6.25. The second-order valence-electron chi connectivity index (χ2n) is 7.65. The monoisotopic (exact) mass is 416 g/mol. The van der Waals surface area contributed by atoms with Crippen LogP contribution in [0.25, 0.3) is 0 Å². The highest BCUT2D eigenvalue weighted by molar-refractivity contribution is 5.80. The molecule has 0 bridgehead atoms. The number of hydrogen-bond donors (Lipinski definition) is 1. The zero-order valence-corrected chi connectivity index (χ0v) is 17.9. The van der Waals surface area contributed by atoms with Gasteiger partial charge in [-0.05, 0) is 43.9 Å². The molecule has 7 nitrogen and oxygen atoms in total. The Kier molecular flexibility index (Phi) is 7.05. The number of hydrogen-bond acceptors (Lipinski definition) is 7. The van der Waals surface area contributed by atoms with Crippen LogP contribution in [0.2, 0.25) is 0 Å². The van der Waals surface area contributed by atoms with Gasteiger partial charge in [0.2, 0.25) is 0 Å². The lowest BCUT2D eigenvalue weighted by molar-refractivity contribution is 0.295. The molecule has 1 aliphatic heterocycles. The van der Waals surface area contributed by atoms with E-state index in [-0.39, 0.29) is 0 Å². The van der Waals surface area contributed by atoms with Gasteiger partial charge < -0.3 is 9.64 Å². The number of hydrazone groups is 1. The van der Waals surface area contributed by atoms with Gasteiger partial charge in [0.05, 0.1) is 12.8 Å². The Morgan fingerprint density at radius 2 is 1.97 bits per heavy atom. The van der Waals surface area contributed by atoms with Crippen molar-refractivity contribution in [3.05, 3.63) is 71.5 Å². The van der Waals surface area contributed by atoms with Gasteiger partial charge in [0.25, 0.3) is 0 Å². The summed E-state index contributed by atoms with van der Waals surface area (Å²) in [6.07, 6.45) is 7.89. The van der Waals surface area contributed by atoms with E-state index in [1.807, 2.05) is 36.4 Å².